The van der Waals surface area contributed by atoms with Gasteiger partial charge in [-0.25, -0.2) is 0 Å². The van der Waals surface area contributed by atoms with Crippen molar-refractivity contribution in [2.45, 2.75) is 37.9 Å². The molecule has 1 aromatic rings. The molecule has 0 amide bonds. The molecule has 1 aliphatic carbocycles. The van der Waals surface area contributed by atoms with Crippen molar-refractivity contribution >= 4 is 27.3 Å². The Hall–Kier alpha value is -0.200. The van der Waals surface area contributed by atoms with Gasteiger partial charge in [-0.05, 0) is 46.5 Å². The summed E-state index contributed by atoms with van der Waals surface area (Å²) in [4.78, 5) is 0. The maximum Gasteiger partial charge on any atom is 0.295 e. The van der Waals surface area contributed by atoms with Gasteiger partial charge in [0, 0.05) is 13.5 Å². The topological polar surface area (TPSA) is 44.2 Å². The van der Waals surface area contributed by atoms with Crippen LogP contribution in [0.1, 0.15) is 25.7 Å². The van der Waals surface area contributed by atoms with E-state index in [2.05, 4.69) is 26.1 Å². The number of methoxy groups -OCH3 is 1. The second kappa shape index (κ2) is 5.23. The predicted octanol–water partition coefficient (Wildman–Crippen LogP) is 2.64. The summed E-state index contributed by atoms with van der Waals surface area (Å²) < 4.78 is 11.8. The smallest absolute Gasteiger partial charge is 0.295 e. The van der Waals surface area contributed by atoms with Crippen LogP contribution in [0.3, 0.4) is 0 Å². The Bertz CT molecular complexity index is 321. The lowest BCUT2D eigenvalue weighted by atomic mass is 9.95. The molecule has 6 heteroatoms. The standard InChI is InChI=1S/C9H13BrN2O2S/c1-13-6-3-2-4-7(5-6)14-9-12-11-8(10)15-9/h6-7H,2-5H2,1H3. The Balaban J connectivity index is 1.88. The van der Waals surface area contributed by atoms with E-state index < -0.39 is 0 Å². The minimum Gasteiger partial charge on any atom is -0.466 e. The molecule has 1 aliphatic rings. The number of halogens is 1. The Morgan fingerprint density at radius 3 is 2.80 bits per heavy atom. The fraction of sp³-hybridized carbons (Fsp3) is 0.778. The third-order valence-electron chi connectivity index (χ3n) is 2.56. The molecule has 4 nitrogen and oxygen atoms in total. The highest BCUT2D eigenvalue weighted by molar-refractivity contribution is 9.11. The van der Waals surface area contributed by atoms with Crippen LogP contribution in [0.4, 0.5) is 0 Å². The largest absolute Gasteiger partial charge is 0.466 e. The molecular formula is C9H13BrN2O2S. The van der Waals surface area contributed by atoms with E-state index in [9.17, 15) is 0 Å². The van der Waals surface area contributed by atoms with Gasteiger partial charge >= 0.3 is 0 Å². The maximum absolute atomic E-state index is 5.74. The van der Waals surface area contributed by atoms with Crippen molar-refractivity contribution in [2.75, 3.05) is 7.11 Å². The van der Waals surface area contributed by atoms with E-state index in [1.807, 2.05) is 0 Å². The first-order valence-electron chi connectivity index (χ1n) is 4.96. The molecular weight excluding hydrogens is 280 g/mol. The van der Waals surface area contributed by atoms with Gasteiger partial charge in [0.2, 0.25) is 0 Å². The van der Waals surface area contributed by atoms with E-state index in [4.69, 9.17) is 9.47 Å². The Morgan fingerprint density at radius 1 is 1.33 bits per heavy atom. The summed E-state index contributed by atoms with van der Waals surface area (Å²) in [7, 11) is 1.76. The lowest BCUT2D eigenvalue weighted by Gasteiger charge is -2.27. The molecule has 15 heavy (non-hydrogen) atoms. The molecule has 0 aliphatic heterocycles. The minimum absolute atomic E-state index is 0.226. The van der Waals surface area contributed by atoms with E-state index in [-0.39, 0.29) is 6.10 Å². The summed E-state index contributed by atoms with van der Waals surface area (Å²) in [6.45, 7) is 0. The van der Waals surface area contributed by atoms with Crippen LogP contribution in [0, 0.1) is 0 Å². The number of hydrogen-bond donors (Lipinski definition) is 0. The average molecular weight is 293 g/mol. The summed E-state index contributed by atoms with van der Waals surface area (Å²) in [5, 5.41) is 8.41. The third kappa shape index (κ3) is 3.12. The van der Waals surface area contributed by atoms with Crippen LogP contribution in [-0.2, 0) is 4.74 Å². The van der Waals surface area contributed by atoms with Gasteiger partial charge in [-0.1, -0.05) is 5.10 Å². The van der Waals surface area contributed by atoms with Crippen molar-refractivity contribution in [3.05, 3.63) is 3.92 Å². The number of hydrogen-bond acceptors (Lipinski definition) is 5. The van der Waals surface area contributed by atoms with Crippen LogP contribution >= 0.6 is 27.3 Å². The Labute approximate surface area is 101 Å². The highest BCUT2D eigenvalue weighted by Gasteiger charge is 2.23. The van der Waals surface area contributed by atoms with E-state index >= 15 is 0 Å². The Morgan fingerprint density at radius 2 is 2.13 bits per heavy atom. The first kappa shape index (κ1) is 11.3. The molecule has 0 saturated heterocycles. The van der Waals surface area contributed by atoms with Crippen LogP contribution in [0.25, 0.3) is 0 Å². The highest BCUT2D eigenvalue weighted by Crippen LogP contribution is 2.28. The van der Waals surface area contributed by atoms with Crippen LogP contribution in [-0.4, -0.2) is 29.5 Å². The van der Waals surface area contributed by atoms with Crippen molar-refractivity contribution in [1.29, 1.82) is 0 Å². The third-order valence-corrected chi connectivity index (χ3v) is 3.81. The maximum atomic E-state index is 5.74. The second-order valence-electron chi connectivity index (χ2n) is 3.59. The average Bonchev–Trinajstić information content (AvgIpc) is 2.64. The minimum atomic E-state index is 0.226. The number of aromatic nitrogens is 2. The van der Waals surface area contributed by atoms with Gasteiger partial charge in [-0.15, -0.1) is 5.10 Å². The molecule has 84 valence electrons. The summed E-state index contributed by atoms with van der Waals surface area (Å²) >= 11 is 4.68. The molecule has 0 bridgehead atoms. The van der Waals surface area contributed by atoms with Gasteiger partial charge in [0.15, 0.2) is 3.92 Å². The zero-order valence-corrected chi connectivity index (χ0v) is 10.9. The zero-order chi connectivity index (χ0) is 10.7. The number of nitrogens with zero attached hydrogens (tertiary/aromatic N) is 2. The molecule has 1 aromatic heterocycles. The van der Waals surface area contributed by atoms with E-state index in [0.29, 0.717) is 11.3 Å². The highest BCUT2D eigenvalue weighted by atomic mass is 79.9. The molecule has 1 heterocycles. The first-order chi connectivity index (χ1) is 7.28. The molecule has 2 atom stereocenters. The van der Waals surface area contributed by atoms with E-state index in [1.165, 1.54) is 11.3 Å². The SMILES string of the molecule is COC1CCCC(Oc2nnc(Br)s2)C1. The van der Waals surface area contributed by atoms with Gasteiger partial charge in [-0.3, -0.25) is 0 Å². The van der Waals surface area contributed by atoms with Crippen molar-refractivity contribution in [3.63, 3.8) is 0 Å². The van der Waals surface area contributed by atoms with Crippen molar-refractivity contribution in [2.24, 2.45) is 0 Å². The van der Waals surface area contributed by atoms with Crippen LogP contribution in [0.15, 0.2) is 3.92 Å². The molecule has 0 spiro atoms. The van der Waals surface area contributed by atoms with Crippen LogP contribution in [0.2, 0.25) is 0 Å². The van der Waals surface area contributed by atoms with Crippen molar-refractivity contribution < 1.29 is 9.47 Å². The molecule has 0 radical (unpaired) electrons. The number of rotatable bonds is 3. The van der Waals surface area contributed by atoms with E-state index in [0.717, 1.165) is 29.6 Å². The fourth-order valence-corrected chi connectivity index (χ4v) is 2.79. The molecule has 1 fully saturated rings. The van der Waals surface area contributed by atoms with Gasteiger partial charge in [0.1, 0.15) is 6.10 Å². The lowest BCUT2D eigenvalue weighted by molar-refractivity contribution is 0.0207. The summed E-state index contributed by atoms with van der Waals surface area (Å²) in [6, 6.07) is 0. The second-order valence-corrected chi connectivity index (χ2v) is 5.80. The summed E-state index contributed by atoms with van der Waals surface area (Å²) in [6.07, 6.45) is 4.88. The quantitative estimate of drug-likeness (QED) is 0.859. The van der Waals surface area contributed by atoms with Gasteiger partial charge < -0.3 is 9.47 Å². The predicted molar refractivity (Wildman–Crippen MR) is 61.3 cm³/mol. The molecule has 2 unspecified atom stereocenters. The normalized spacial score (nSPS) is 26.5. The molecule has 0 aromatic carbocycles. The molecule has 2 rings (SSSR count). The molecule has 0 N–H and O–H groups in total. The monoisotopic (exact) mass is 292 g/mol. The van der Waals surface area contributed by atoms with Crippen molar-refractivity contribution in [3.8, 4) is 5.19 Å². The first-order valence-corrected chi connectivity index (χ1v) is 6.57. The van der Waals surface area contributed by atoms with Gasteiger partial charge in [-0.2, -0.15) is 0 Å². The van der Waals surface area contributed by atoms with E-state index in [1.54, 1.807) is 7.11 Å². The Kier molecular flexibility index (Phi) is 3.93. The lowest BCUT2D eigenvalue weighted by Crippen LogP contribution is -2.29. The van der Waals surface area contributed by atoms with Crippen LogP contribution < -0.4 is 4.74 Å². The zero-order valence-electron chi connectivity index (χ0n) is 8.48. The van der Waals surface area contributed by atoms with Gasteiger partial charge in [0.05, 0.1) is 6.10 Å². The summed E-state index contributed by atoms with van der Waals surface area (Å²) in [5.74, 6) is 0. The van der Waals surface area contributed by atoms with Crippen LogP contribution in [0.5, 0.6) is 5.19 Å². The summed E-state index contributed by atoms with van der Waals surface area (Å²) in [5.41, 5.74) is 0. The fourth-order valence-electron chi connectivity index (χ4n) is 1.81. The number of ether oxygens (including phenoxy) is 2. The molecule has 1 saturated carbocycles. The van der Waals surface area contributed by atoms with Gasteiger partial charge in [0.25, 0.3) is 5.19 Å². The van der Waals surface area contributed by atoms with Crippen molar-refractivity contribution in [1.82, 2.24) is 10.2 Å².